The molecule has 3 heterocycles. The predicted octanol–water partition coefficient (Wildman–Crippen LogP) is 1.17. The van der Waals surface area contributed by atoms with Crippen LogP contribution in [0.15, 0.2) is 30.6 Å². The fourth-order valence-corrected chi connectivity index (χ4v) is 3.97. The number of carbonyl (C=O) groups excluding carboxylic acids is 1. The van der Waals surface area contributed by atoms with Crippen LogP contribution in [-0.2, 0) is 13.1 Å². The summed E-state index contributed by atoms with van der Waals surface area (Å²) >= 11 is 0. The third kappa shape index (κ3) is 3.70. The number of nitrogens with zero attached hydrogens (tertiary/aromatic N) is 5. The molecule has 8 heteroatoms. The Morgan fingerprint density at radius 1 is 1.27 bits per heavy atom. The van der Waals surface area contributed by atoms with E-state index in [0.29, 0.717) is 30.7 Å². The summed E-state index contributed by atoms with van der Waals surface area (Å²) in [7, 11) is 2.13. The number of amides is 2. The van der Waals surface area contributed by atoms with Crippen LogP contribution < -0.4 is 5.32 Å². The van der Waals surface area contributed by atoms with Crippen LogP contribution in [-0.4, -0.2) is 63.8 Å². The first-order valence-electron chi connectivity index (χ1n) is 8.91. The highest BCUT2D eigenvalue weighted by Crippen LogP contribution is 2.29. The van der Waals surface area contributed by atoms with E-state index in [4.69, 9.17) is 0 Å². The van der Waals surface area contributed by atoms with Crippen molar-refractivity contribution in [3.8, 4) is 0 Å². The van der Waals surface area contributed by atoms with E-state index >= 15 is 0 Å². The topological polar surface area (TPSA) is 66.3 Å². The van der Waals surface area contributed by atoms with Gasteiger partial charge in [0.1, 0.15) is 12.1 Å². The van der Waals surface area contributed by atoms with Gasteiger partial charge in [-0.1, -0.05) is 12.1 Å². The van der Waals surface area contributed by atoms with Gasteiger partial charge in [0.15, 0.2) is 5.82 Å². The molecular weight excluding hydrogens is 335 g/mol. The standard InChI is InChI=1S/C18H23FN6O/c1-23-8-14-10-24(11-15(14)9-23)18(26)20-6-17-21-12-25(22-17)7-13-3-2-4-16(19)5-13/h2-5,12,14-15H,6-11H2,1H3,(H,20,26)/t14-,15+. The number of rotatable bonds is 4. The summed E-state index contributed by atoms with van der Waals surface area (Å²) in [6, 6.07) is 6.35. The second kappa shape index (κ2) is 7.03. The number of carbonyl (C=O) groups is 1. The van der Waals surface area contributed by atoms with E-state index in [0.717, 1.165) is 31.7 Å². The summed E-state index contributed by atoms with van der Waals surface area (Å²) in [5, 5.41) is 7.25. The average molecular weight is 358 g/mol. The Balaban J connectivity index is 1.28. The van der Waals surface area contributed by atoms with Crippen LogP contribution in [0.5, 0.6) is 0 Å². The maximum atomic E-state index is 13.2. The summed E-state index contributed by atoms with van der Waals surface area (Å²) < 4.78 is 14.9. The molecule has 2 amide bonds. The number of urea groups is 1. The van der Waals surface area contributed by atoms with Crippen LogP contribution in [0.25, 0.3) is 0 Å². The quantitative estimate of drug-likeness (QED) is 0.891. The average Bonchev–Trinajstić information content (AvgIpc) is 3.27. The van der Waals surface area contributed by atoms with E-state index in [1.165, 1.54) is 12.1 Å². The molecule has 1 aromatic heterocycles. The van der Waals surface area contributed by atoms with Gasteiger partial charge in [0.2, 0.25) is 0 Å². The molecule has 7 nitrogen and oxygen atoms in total. The number of hydrogen-bond donors (Lipinski definition) is 1. The van der Waals surface area contributed by atoms with Gasteiger partial charge in [-0.15, -0.1) is 0 Å². The number of likely N-dealkylation sites (tertiary alicyclic amines) is 2. The highest BCUT2D eigenvalue weighted by atomic mass is 19.1. The van der Waals surface area contributed by atoms with Gasteiger partial charge in [-0.25, -0.2) is 18.9 Å². The Morgan fingerprint density at radius 3 is 2.77 bits per heavy atom. The molecule has 2 aliphatic heterocycles. The molecule has 0 saturated carbocycles. The van der Waals surface area contributed by atoms with Gasteiger partial charge < -0.3 is 15.1 Å². The first-order valence-corrected chi connectivity index (χ1v) is 8.91. The third-order valence-electron chi connectivity index (χ3n) is 5.17. The molecule has 2 aromatic rings. The van der Waals surface area contributed by atoms with Crippen LogP contribution in [0.2, 0.25) is 0 Å². The summed E-state index contributed by atoms with van der Waals surface area (Å²) in [6.45, 7) is 4.52. The first-order chi connectivity index (χ1) is 12.6. The first kappa shape index (κ1) is 17.0. The molecule has 0 bridgehead atoms. The van der Waals surface area contributed by atoms with Crippen LogP contribution in [0.4, 0.5) is 9.18 Å². The van der Waals surface area contributed by atoms with Gasteiger partial charge in [0.25, 0.3) is 0 Å². The lowest BCUT2D eigenvalue weighted by atomic mass is 10.0. The highest BCUT2D eigenvalue weighted by Gasteiger charge is 2.40. The van der Waals surface area contributed by atoms with E-state index in [2.05, 4.69) is 27.3 Å². The third-order valence-corrected chi connectivity index (χ3v) is 5.17. The predicted molar refractivity (Wildman–Crippen MR) is 93.8 cm³/mol. The zero-order valence-corrected chi connectivity index (χ0v) is 14.8. The SMILES string of the molecule is CN1C[C@@H]2CN(C(=O)NCc3ncn(Cc4cccc(F)c4)n3)C[C@@H]2C1. The molecule has 2 atom stereocenters. The van der Waals surface area contributed by atoms with E-state index in [9.17, 15) is 9.18 Å². The van der Waals surface area contributed by atoms with Gasteiger partial charge >= 0.3 is 6.03 Å². The van der Waals surface area contributed by atoms with Crippen molar-refractivity contribution in [2.75, 3.05) is 33.2 Å². The van der Waals surface area contributed by atoms with Crippen molar-refractivity contribution in [1.29, 1.82) is 0 Å². The second-order valence-electron chi connectivity index (χ2n) is 7.29. The smallest absolute Gasteiger partial charge is 0.317 e. The monoisotopic (exact) mass is 358 g/mol. The van der Waals surface area contributed by atoms with Gasteiger partial charge in [-0.05, 0) is 36.6 Å². The number of fused-ring (bicyclic) bond motifs is 1. The fourth-order valence-electron chi connectivity index (χ4n) is 3.97. The maximum Gasteiger partial charge on any atom is 0.317 e. The van der Waals surface area contributed by atoms with Crippen molar-refractivity contribution >= 4 is 6.03 Å². The molecule has 0 aliphatic carbocycles. The molecule has 2 fully saturated rings. The number of nitrogens with one attached hydrogen (secondary N) is 1. The normalized spacial score (nSPS) is 22.6. The zero-order valence-electron chi connectivity index (χ0n) is 14.8. The van der Waals surface area contributed by atoms with Crippen molar-refractivity contribution in [3.05, 3.63) is 47.8 Å². The van der Waals surface area contributed by atoms with Crippen LogP contribution in [0, 0.1) is 17.7 Å². The lowest BCUT2D eigenvalue weighted by Gasteiger charge is -2.19. The van der Waals surface area contributed by atoms with E-state index < -0.39 is 0 Å². The Hall–Kier alpha value is -2.48. The summed E-state index contributed by atoms with van der Waals surface area (Å²) in [5.41, 5.74) is 0.819. The van der Waals surface area contributed by atoms with Crippen LogP contribution in [0.1, 0.15) is 11.4 Å². The van der Waals surface area contributed by atoms with E-state index in [1.807, 2.05) is 11.0 Å². The fraction of sp³-hybridized carbons (Fsp3) is 0.500. The second-order valence-corrected chi connectivity index (χ2v) is 7.29. The van der Waals surface area contributed by atoms with Crippen molar-refractivity contribution in [3.63, 3.8) is 0 Å². The largest absolute Gasteiger partial charge is 0.331 e. The molecule has 26 heavy (non-hydrogen) atoms. The Labute approximate surface area is 151 Å². The molecule has 1 aromatic carbocycles. The number of aromatic nitrogens is 3. The minimum atomic E-state index is -0.267. The molecule has 138 valence electrons. The lowest BCUT2D eigenvalue weighted by Crippen LogP contribution is -2.39. The van der Waals surface area contributed by atoms with Gasteiger partial charge in [0, 0.05) is 26.2 Å². The molecule has 1 N–H and O–H groups in total. The lowest BCUT2D eigenvalue weighted by molar-refractivity contribution is 0.201. The van der Waals surface area contributed by atoms with Gasteiger partial charge in [-0.2, -0.15) is 5.10 Å². The minimum Gasteiger partial charge on any atom is -0.331 e. The Bertz CT molecular complexity index is 779. The molecule has 0 unspecified atom stereocenters. The molecule has 0 radical (unpaired) electrons. The van der Waals surface area contributed by atoms with E-state index in [-0.39, 0.29) is 11.8 Å². The van der Waals surface area contributed by atoms with E-state index in [1.54, 1.807) is 17.1 Å². The van der Waals surface area contributed by atoms with Crippen LogP contribution in [0.3, 0.4) is 0 Å². The summed E-state index contributed by atoms with van der Waals surface area (Å²) in [5.74, 6) is 1.47. The zero-order chi connectivity index (χ0) is 18.1. The minimum absolute atomic E-state index is 0.0523. The van der Waals surface area contributed by atoms with Gasteiger partial charge in [-0.3, -0.25) is 0 Å². The van der Waals surface area contributed by atoms with Crippen molar-refractivity contribution in [2.45, 2.75) is 13.1 Å². The molecule has 2 saturated heterocycles. The van der Waals surface area contributed by atoms with Gasteiger partial charge in [0.05, 0.1) is 13.1 Å². The number of benzene rings is 1. The molecule has 4 rings (SSSR count). The molecule has 0 spiro atoms. The summed E-state index contributed by atoms with van der Waals surface area (Å²) in [6.07, 6.45) is 1.60. The highest BCUT2D eigenvalue weighted by molar-refractivity contribution is 5.74. The summed E-state index contributed by atoms with van der Waals surface area (Å²) in [4.78, 5) is 20.8. The number of halogens is 1. The van der Waals surface area contributed by atoms with Crippen molar-refractivity contribution in [2.24, 2.45) is 11.8 Å². The number of hydrogen-bond acceptors (Lipinski definition) is 4. The van der Waals surface area contributed by atoms with Crippen molar-refractivity contribution < 1.29 is 9.18 Å². The van der Waals surface area contributed by atoms with Crippen LogP contribution >= 0.6 is 0 Å². The Kier molecular flexibility index (Phi) is 4.58. The molecular formula is C18H23FN6O. The molecule has 2 aliphatic rings. The Morgan fingerprint density at radius 2 is 2.04 bits per heavy atom. The maximum absolute atomic E-state index is 13.2. The van der Waals surface area contributed by atoms with Crippen molar-refractivity contribution in [1.82, 2.24) is 29.9 Å².